The minimum Gasteiger partial charge on any atom is -0.224 e. The van der Waals surface area contributed by atoms with Crippen LogP contribution in [0.3, 0.4) is 0 Å². The predicted molar refractivity (Wildman–Crippen MR) is 70.8 cm³/mol. The van der Waals surface area contributed by atoms with Crippen molar-refractivity contribution in [2.45, 2.75) is 16.0 Å². The maximum atomic E-state index is 11.2. The molecule has 2 unspecified atom stereocenters. The van der Waals surface area contributed by atoms with Crippen molar-refractivity contribution in [3.05, 3.63) is 34.6 Å². The molecule has 1 aliphatic heterocycles. The van der Waals surface area contributed by atoms with Gasteiger partial charge in [0.25, 0.3) is 0 Å². The molecular formula is C10H10Cl2O2S2. The van der Waals surface area contributed by atoms with Crippen molar-refractivity contribution in [1.82, 2.24) is 0 Å². The first-order chi connectivity index (χ1) is 7.46. The first-order valence-electron chi connectivity index (χ1n) is 4.72. The fourth-order valence-corrected chi connectivity index (χ4v) is 4.85. The summed E-state index contributed by atoms with van der Waals surface area (Å²) in [5.41, 5.74) is 0. The highest BCUT2D eigenvalue weighted by Crippen LogP contribution is 2.33. The summed E-state index contributed by atoms with van der Waals surface area (Å²) >= 11 is 13.4. The second-order valence-electron chi connectivity index (χ2n) is 3.63. The molecular weight excluding hydrogens is 287 g/mol. The van der Waals surface area contributed by atoms with Crippen LogP contribution < -0.4 is 0 Å². The van der Waals surface area contributed by atoms with Crippen molar-refractivity contribution in [2.24, 2.45) is 0 Å². The topological polar surface area (TPSA) is 34.1 Å². The van der Waals surface area contributed by atoms with Crippen LogP contribution in [-0.4, -0.2) is 30.2 Å². The van der Waals surface area contributed by atoms with Crippen molar-refractivity contribution in [2.75, 3.05) is 5.75 Å². The van der Waals surface area contributed by atoms with Crippen LogP contribution in [0.4, 0.5) is 0 Å². The highest BCUT2D eigenvalue weighted by atomic mass is 35.5. The van der Waals surface area contributed by atoms with E-state index in [2.05, 4.69) is 0 Å². The van der Waals surface area contributed by atoms with Crippen LogP contribution in [0.5, 0.6) is 0 Å². The molecule has 0 bridgehead atoms. The molecule has 3 atom stereocenters. The van der Waals surface area contributed by atoms with Gasteiger partial charge in [0.1, 0.15) is 0 Å². The van der Waals surface area contributed by atoms with Gasteiger partial charge in [0.2, 0.25) is 0 Å². The van der Waals surface area contributed by atoms with E-state index in [4.69, 9.17) is 23.2 Å². The summed E-state index contributed by atoms with van der Waals surface area (Å²) in [6.45, 7) is 0. The summed E-state index contributed by atoms with van der Waals surface area (Å²) in [6.07, 6.45) is 7.29. The molecule has 1 aliphatic carbocycles. The minimum absolute atomic E-state index is 0.0170. The van der Waals surface area contributed by atoms with Crippen LogP contribution >= 0.6 is 35.0 Å². The first-order valence-corrected chi connectivity index (χ1v) is 8.19. The molecule has 0 radical (unpaired) electrons. The Morgan fingerprint density at radius 3 is 2.56 bits per heavy atom. The lowest BCUT2D eigenvalue weighted by molar-refractivity contribution is 0.606. The van der Waals surface area contributed by atoms with Gasteiger partial charge in [-0.2, -0.15) is 0 Å². The Bertz CT molecular complexity index is 465. The van der Waals surface area contributed by atoms with Gasteiger partial charge in [-0.3, -0.25) is 0 Å². The van der Waals surface area contributed by atoms with E-state index in [1.54, 1.807) is 6.08 Å². The summed E-state index contributed by atoms with van der Waals surface area (Å²) in [6, 6.07) is 0. The summed E-state index contributed by atoms with van der Waals surface area (Å²) in [5.74, 6) is 0.167. The highest BCUT2D eigenvalue weighted by molar-refractivity contribution is 8.05. The van der Waals surface area contributed by atoms with Gasteiger partial charge in [0, 0.05) is 15.6 Å². The molecule has 6 heteroatoms. The number of sulfone groups is 1. The lowest BCUT2D eigenvalue weighted by atomic mass is 10.2. The van der Waals surface area contributed by atoms with Gasteiger partial charge in [-0.05, 0) is 0 Å². The molecule has 0 N–H and O–H groups in total. The van der Waals surface area contributed by atoms with Crippen molar-refractivity contribution >= 4 is 44.8 Å². The number of thioether (sulfide) groups is 1. The molecule has 0 saturated carbocycles. The fraction of sp³-hybridized carbons (Fsp3) is 0.400. The zero-order valence-electron chi connectivity index (χ0n) is 8.21. The summed E-state index contributed by atoms with van der Waals surface area (Å²) in [4.78, 5) is 0.976. The normalized spacial score (nSPS) is 36.4. The first kappa shape index (κ1) is 12.6. The Kier molecular flexibility index (Phi) is 3.74. The molecule has 88 valence electrons. The molecule has 0 spiro atoms. The standard InChI is InChI=1S/C10H10Cl2O2S2/c11-9-2-1-7(5-10(9)12)15-8-3-4-16(13,14)6-8/h1-5,8-10H,6H2/t8-,9?,10?/m1/s1. The number of hydrogen-bond acceptors (Lipinski definition) is 3. The van der Waals surface area contributed by atoms with Crippen molar-refractivity contribution < 1.29 is 8.42 Å². The minimum atomic E-state index is -2.98. The number of alkyl halides is 2. The van der Waals surface area contributed by atoms with Crippen LogP contribution in [0.25, 0.3) is 0 Å². The van der Waals surface area contributed by atoms with Crippen LogP contribution in [0.1, 0.15) is 0 Å². The van der Waals surface area contributed by atoms with Crippen LogP contribution in [0, 0.1) is 0 Å². The quantitative estimate of drug-likeness (QED) is 0.735. The van der Waals surface area contributed by atoms with E-state index in [0.29, 0.717) is 0 Å². The SMILES string of the molecule is O=S1(=O)C=C[C@@H](SC2=CC(Cl)C(Cl)C=C2)C1. The van der Waals surface area contributed by atoms with Gasteiger partial charge in [-0.1, -0.05) is 24.3 Å². The Balaban J connectivity index is 2.00. The molecule has 0 amide bonds. The second-order valence-corrected chi connectivity index (χ2v) is 7.88. The summed E-state index contributed by atoms with van der Waals surface area (Å²) in [5, 5.41) is 0.849. The molecule has 0 aromatic carbocycles. The fourth-order valence-electron chi connectivity index (χ4n) is 1.47. The van der Waals surface area contributed by atoms with E-state index < -0.39 is 9.84 Å². The van der Waals surface area contributed by atoms with Gasteiger partial charge < -0.3 is 0 Å². The molecule has 1 heterocycles. The molecule has 16 heavy (non-hydrogen) atoms. The Morgan fingerprint density at radius 2 is 2.00 bits per heavy atom. The van der Waals surface area contributed by atoms with E-state index in [-0.39, 0.29) is 21.8 Å². The third-order valence-corrected chi connectivity index (χ3v) is 5.98. The second kappa shape index (κ2) is 4.77. The maximum absolute atomic E-state index is 11.2. The summed E-state index contributed by atoms with van der Waals surface area (Å²) < 4.78 is 22.4. The number of rotatable bonds is 2. The van der Waals surface area contributed by atoms with Crippen LogP contribution in [0.15, 0.2) is 34.6 Å². The largest absolute Gasteiger partial charge is 0.224 e. The van der Waals surface area contributed by atoms with Crippen molar-refractivity contribution in [3.63, 3.8) is 0 Å². The average molecular weight is 297 g/mol. The van der Waals surface area contributed by atoms with Gasteiger partial charge in [-0.15, -0.1) is 35.0 Å². The molecule has 2 rings (SSSR count). The van der Waals surface area contributed by atoms with Gasteiger partial charge >= 0.3 is 0 Å². The summed E-state index contributed by atoms with van der Waals surface area (Å²) in [7, 11) is -2.98. The van der Waals surface area contributed by atoms with E-state index in [1.165, 1.54) is 17.2 Å². The van der Waals surface area contributed by atoms with Gasteiger partial charge in [0.05, 0.1) is 16.5 Å². The number of halogens is 2. The molecule has 2 nitrogen and oxygen atoms in total. The number of hydrogen-bond donors (Lipinski definition) is 0. The lowest BCUT2D eigenvalue weighted by Gasteiger charge is -2.16. The van der Waals surface area contributed by atoms with Crippen LogP contribution in [0.2, 0.25) is 0 Å². The van der Waals surface area contributed by atoms with Gasteiger partial charge in [-0.25, -0.2) is 8.42 Å². The molecule has 0 saturated heterocycles. The zero-order chi connectivity index (χ0) is 11.8. The van der Waals surface area contributed by atoms with E-state index >= 15 is 0 Å². The van der Waals surface area contributed by atoms with E-state index in [0.717, 1.165) is 4.91 Å². The van der Waals surface area contributed by atoms with Crippen LogP contribution in [-0.2, 0) is 9.84 Å². The maximum Gasteiger partial charge on any atom is 0.172 e. The Hall–Kier alpha value is 0.1000. The highest BCUT2D eigenvalue weighted by Gasteiger charge is 2.24. The monoisotopic (exact) mass is 296 g/mol. The third-order valence-electron chi connectivity index (χ3n) is 2.26. The predicted octanol–water partition coefficient (Wildman–Crippen LogP) is 2.70. The Morgan fingerprint density at radius 1 is 1.25 bits per heavy atom. The molecule has 2 aliphatic rings. The van der Waals surface area contributed by atoms with Gasteiger partial charge in [0.15, 0.2) is 9.84 Å². The Labute approximate surface area is 109 Å². The van der Waals surface area contributed by atoms with Crippen molar-refractivity contribution in [3.8, 4) is 0 Å². The molecule has 0 aromatic rings. The lowest BCUT2D eigenvalue weighted by Crippen LogP contribution is -2.14. The third kappa shape index (κ3) is 3.06. The molecule has 0 aromatic heterocycles. The smallest absolute Gasteiger partial charge is 0.172 e. The zero-order valence-corrected chi connectivity index (χ0v) is 11.4. The van der Waals surface area contributed by atoms with Crippen molar-refractivity contribution in [1.29, 1.82) is 0 Å². The molecule has 0 fully saturated rings. The van der Waals surface area contributed by atoms with E-state index in [1.807, 2.05) is 18.2 Å². The average Bonchev–Trinajstić information content (AvgIpc) is 2.52. The van der Waals surface area contributed by atoms with E-state index in [9.17, 15) is 8.42 Å². The number of allylic oxidation sites excluding steroid dienone is 3.